The zero-order valence-electron chi connectivity index (χ0n) is 20.0. The van der Waals surface area contributed by atoms with E-state index in [0.717, 1.165) is 5.56 Å². The van der Waals surface area contributed by atoms with Crippen molar-refractivity contribution in [2.45, 2.75) is 45.4 Å². The van der Waals surface area contributed by atoms with Gasteiger partial charge < -0.3 is 18.9 Å². The van der Waals surface area contributed by atoms with Gasteiger partial charge in [0.25, 0.3) is 0 Å². The molecule has 0 aliphatic carbocycles. The lowest BCUT2D eigenvalue weighted by Crippen LogP contribution is -2.41. The van der Waals surface area contributed by atoms with Crippen molar-refractivity contribution in [2.24, 2.45) is 10.9 Å². The van der Waals surface area contributed by atoms with E-state index in [1.54, 1.807) is 26.0 Å². The Morgan fingerprint density at radius 1 is 1.21 bits per heavy atom. The van der Waals surface area contributed by atoms with Crippen LogP contribution < -0.4 is 9.47 Å². The number of esters is 1. The third kappa shape index (κ3) is 5.35. The van der Waals surface area contributed by atoms with E-state index < -0.39 is 12.0 Å². The number of rotatable bonds is 10. The largest absolute Gasteiger partial charge is 0.493 e. The lowest BCUT2D eigenvalue weighted by atomic mass is 9.93. The molecule has 1 saturated heterocycles. The van der Waals surface area contributed by atoms with Gasteiger partial charge in [0.1, 0.15) is 6.61 Å². The second-order valence-electron chi connectivity index (χ2n) is 8.26. The first-order valence-corrected chi connectivity index (χ1v) is 12.0. The Morgan fingerprint density at radius 3 is 2.61 bits per heavy atom. The predicted octanol–water partition coefficient (Wildman–Crippen LogP) is 3.96. The molecule has 0 radical (unpaired) electrons. The first-order chi connectivity index (χ1) is 15.8. The Hall–Kier alpha value is -2.52. The number of carbonyl (C=O) groups is 2. The Kier molecular flexibility index (Phi) is 8.42. The van der Waals surface area contributed by atoms with Crippen molar-refractivity contribution < 1.29 is 28.5 Å². The van der Waals surface area contributed by atoms with Gasteiger partial charge in [0.2, 0.25) is 5.91 Å². The van der Waals surface area contributed by atoms with Crippen molar-refractivity contribution in [1.29, 1.82) is 0 Å². The van der Waals surface area contributed by atoms with Gasteiger partial charge in [0.15, 0.2) is 16.7 Å². The van der Waals surface area contributed by atoms with Gasteiger partial charge in [-0.05, 0) is 37.0 Å². The van der Waals surface area contributed by atoms with Gasteiger partial charge in [-0.25, -0.2) is 9.79 Å². The molecule has 1 amide bonds. The standard InChI is InChI=1S/C24H32N2O6S/c1-7-19-22(27)26-21(16-8-9-17(18(12-16)30-6)32-13-14(2)3)20(15(4)25-24(26)33-19)23(28)31-11-10-29-5/h8-9,12,14,19,21H,7,10-11,13H2,1-6H3. The van der Waals surface area contributed by atoms with Crippen LogP contribution in [-0.4, -0.2) is 61.2 Å². The minimum Gasteiger partial charge on any atom is -0.493 e. The molecule has 2 aliphatic rings. The van der Waals surface area contributed by atoms with Gasteiger partial charge in [-0.3, -0.25) is 9.69 Å². The number of hydrogen-bond donors (Lipinski definition) is 0. The molecule has 1 fully saturated rings. The number of benzene rings is 1. The SMILES string of the molecule is CCC1SC2=NC(C)=C(C(=O)OCCOC)C(c3ccc(OCC(C)C)c(OC)c3)N2C1=O. The lowest BCUT2D eigenvalue weighted by Gasteiger charge is -2.33. The zero-order valence-corrected chi connectivity index (χ0v) is 20.9. The highest BCUT2D eigenvalue weighted by atomic mass is 32.2. The summed E-state index contributed by atoms with van der Waals surface area (Å²) in [7, 11) is 3.11. The highest BCUT2D eigenvalue weighted by molar-refractivity contribution is 8.15. The molecule has 180 valence electrons. The van der Waals surface area contributed by atoms with Crippen molar-refractivity contribution in [2.75, 3.05) is 34.0 Å². The van der Waals surface area contributed by atoms with Crippen LogP contribution in [0.3, 0.4) is 0 Å². The maximum absolute atomic E-state index is 13.3. The molecule has 0 saturated carbocycles. The average Bonchev–Trinajstić information content (AvgIpc) is 3.11. The first-order valence-electron chi connectivity index (χ1n) is 11.1. The zero-order chi connectivity index (χ0) is 24.1. The maximum atomic E-state index is 13.3. The topological polar surface area (TPSA) is 86.7 Å². The first kappa shape index (κ1) is 25.1. The van der Waals surface area contributed by atoms with E-state index in [0.29, 0.717) is 46.9 Å². The van der Waals surface area contributed by atoms with Crippen LogP contribution in [0.2, 0.25) is 0 Å². The summed E-state index contributed by atoms with van der Waals surface area (Å²) in [6, 6.07) is 4.82. The van der Waals surface area contributed by atoms with Crippen LogP contribution in [0, 0.1) is 5.92 Å². The summed E-state index contributed by atoms with van der Waals surface area (Å²) in [5.74, 6) is 0.913. The molecule has 2 aliphatic heterocycles. The van der Waals surface area contributed by atoms with E-state index in [-0.39, 0.29) is 24.4 Å². The second-order valence-corrected chi connectivity index (χ2v) is 9.43. The molecule has 9 heteroatoms. The van der Waals surface area contributed by atoms with E-state index in [9.17, 15) is 9.59 Å². The molecule has 0 aromatic heterocycles. The summed E-state index contributed by atoms with van der Waals surface area (Å²) in [6.07, 6.45) is 0.670. The minimum absolute atomic E-state index is 0.0694. The number of thioether (sulfide) groups is 1. The molecular formula is C24H32N2O6S. The van der Waals surface area contributed by atoms with Crippen molar-refractivity contribution in [3.05, 3.63) is 35.0 Å². The van der Waals surface area contributed by atoms with Gasteiger partial charge in [0, 0.05) is 7.11 Å². The molecule has 0 N–H and O–H groups in total. The van der Waals surface area contributed by atoms with Crippen LogP contribution in [0.15, 0.2) is 34.5 Å². The van der Waals surface area contributed by atoms with Crippen LogP contribution >= 0.6 is 11.8 Å². The predicted molar refractivity (Wildman–Crippen MR) is 128 cm³/mol. The number of fused-ring (bicyclic) bond motifs is 1. The fraction of sp³-hybridized carbons (Fsp3) is 0.542. The molecule has 0 spiro atoms. The number of nitrogens with zero attached hydrogens (tertiary/aromatic N) is 2. The highest BCUT2D eigenvalue weighted by Crippen LogP contribution is 2.45. The molecule has 3 rings (SSSR count). The van der Waals surface area contributed by atoms with Crippen molar-refractivity contribution >= 4 is 28.8 Å². The average molecular weight is 477 g/mol. The van der Waals surface area contributed by atoms with Crippen LogP contribution in [0.1, 0.15) is 45.7 Å². The summed E-state index contributed by atoms with van der Waals surface area (Å²) in [5.41, 5.74) is 1.59. The second kappa shape index (κ2) is 11.1. The number of hydrogen-bond acceptors (Lipinski definition) is 8. The van der Waals surface area contributed by atoms with E-state index >= 15 is 0 Å². The normalized spacial score (nSPS) is 20.2. The van der Waals surface area contributed by atoms with Crippen LogP contribution in [0.25, 0.3) is 0 Å². The summed E-state index contributed by atoms with van der Waals surface area (Å²) in [4.78, 5) is 32.6. The van der Waals surface area contributed by atoms with Gasteiger partial charge >= 0.3 is 5.97 Å². The van der Waals surface area contributed by atoms with Gasteiger partial charge in [-0.2, -0.15) is 0 Å². The number of amidine groups is 1. The molecule has 2 unspecified atom stereocenters. The Balaban J connectivity index is 2.04. The quantitative estimate of drug-likeness (QED) is 0.373. The number of ether oxygens (including phenoxy) is 4. The van der Waals surface area contributed by atoms with Crippen LogP contribution in [0.4, 0.5) is 0 Å². The molecule has 0 bridgehead atoms. The Morgan fingerprint density at radius 2 is 1.97 bits per heavy atom. The summed E-state index contributed by atoms with van der Waals surface area (Å²) >= 11 is 1.43. The minimum atomic E-state index is -0.669. The number of aliphatic imine (C=N–C) groups is 1. The summed E-state index contributed by atoms with van der Waals surface area (Å²) in [5, 5.41) is 0.361. The van der Waals surface area contributed by atoms with Gasteiger partial charge in [0.05, 0.1) is 42.9 Å². The van der Waals surface area contributed by atoms with Crippen molar-refractivity contribution in [3.63, 3.8) is 0 Å². The van der Waals surface area contributed by atoms with Crippen molar-refractivity contribution in [3.8, 4) is 11.5 Å². The molecule has 1 aromatic rings. The third-order valence-corrected chi connectivity index (χ3v) is 6.66. The maximum Gasteiger partial charge on any atom is 0.338 e. The monoisotopic (exact) mass is 476 g/mol. The fourth-order valence-electron chi connectivity index (χ4n) is 3.69. The van der Waals surface area contributed by atoms with Crippen LogP contribution in [0.5, 0.6) is 11.5 Å². The number of allylic oxidation sites excluding steroid dienone is 1. The summed E-state index contributed by atoms with van der Waals surface area (Å²) in [6.45, 7) is 8.81. The third-order valence-electron chi connectivity index (χ3n) is 5.34. The number of carbonyl (C=O) groups excluding carboxylic acids is 2. The van der Waals surface area contributed by atoms with E-state index in [4.69, 9.17) is 18.9 Å². The molecule has 1 aromatic carbocycles. The number of methoxy groups -OCH3 is 2. The van der Waals surface area contributed by atoms with Crippen LogP contribution in [-0.2, 0) is 19.1 Å². The molecule has 2 atom stereocenters. The van der Waals surface area contributed by atoms with Crippen molar-refractivity contribution in [1.82, 2.24) is 4.90 Å². The fourth-order valence-corrected chi connectivity index (χ4v) is 4.82. The Labute approximate surface area is 199 Å². The number of amides is 1. The Bertz CT molecular complexity index is 958. The van der Waals surface area contributed by atoms with Gasteiger partial charge in [-0.1, -0.05) is 38.6 Å². The molecule has 33 heavy (non-hydrogen) atoms. The summed E-state index contributed by atoms with van der Waals surface area (Å²) < 4.78 is 21.9. The van der Waals surface area contributed by atoms with Gasteiger partial charge in [-0.15, -0.1) is 0 Å². The smallest absolute Gasteiger partial charge is 0.338 e. The lowest BCUT2D eigenvalue weighted by molar-refractivity contribution is -0.141. The molecule has 8 nitrogen and oxygen atoms in total. The van der Waals surface area contributed by atoms with E-state index in [1.807, 2.05) is 25.1 Å². The van der Waals surface area contributed by atoms with E-state index in [1.165, 1.54) is 11.8 Å². The molecule has 2 heterocycles. The highest BCUT2D eigenvalue weighted by Gasteiger charge is 2.47. The molecular weight excluding hydrogens is 444 g/mol. The van der Waals surface area contributed by atoms with E-state index in [2.05, 4.69) is 18.8 Å².